The summed E-state index contributed by atoms with van der Waals surface area (Å²) in [4.78, 5) is 11.7. The Morgan fingerprint density at radius 2 is 1.94 bits per heavy atom. The zero-order valence-corrected chi connectivity index (χ0v) is 10.5. The number of benzene rings is 1. The fourth-order valence-electron chi connectivity index (χ4n) is 1.16. The van der Waals surface area contributed by atoms with Crippen molar-refractivity contribution in [3.63, 3.8) is 0 Å². The van der Waals surface area contributed by atoms with Gasteiger partial charge in [-0.25, -0.2) is 4.79 Å². The molecule has 0 saturated heterocycles. The number of hydrogen-bond donors (Lipinski definition) is 1. The third-order valence-electron chi connectivity index (χ3n) is 2.03. The van der Waals surface area contributed by atoms with E-state index in [-0.39, 0.29) is 0 Å². The van der Waals surface area contributed by atoms with Crippen molar-refractivity contribution < 1.29 is 19.4 Å². The summed E-state index contributed by atoms with van der Waals surface area (Å²) in [6.07, 6.45) is 0. The molecule has 94 valence electrons. The normalized spacial score (nSPS) is 10.4. The highest BCUT2D eigenvalue weighted by Gasteiger charge is 2.01. The van der Waals surface area contributed by atoms with E-state index in [9.17, 15) is 4.79 Å². The quantitative estimate of drug-likeness (QED) is 0.570. The molecule has 0 unspecified atom stereocenters. The van der Waals surface area contributed by atoms with E-state index in [1.165, 1.54) is 0 Å². The molecule has 1 N–H and O–H groups in total. The standard InChI is InChI=1S/C12H16O4S/c1-15-6-7-16-8-9-17-11-4-2-10(3-5-11)12(13)14/h2-5H,6-9H2,1H3,(H,13,14). The second-order valence-electron chi connectivity index (χ2n) is 3.28. The predicted octanol–water partition coefficient (Wildman–Crippen LogP) is 2.14. The van der Waals surface area contributed by atoms with Gasteiger partial charge in [0.1, 0.15) is 0 Å². The molecule has 0 aromatic heterocycles. The third kappa shape index (κ3) is 5.72. The maximum absolute atomic E-state index is 10.6. The lowest BCUT2D eigenvalue weighted by atomic mass is 10.2. The molecule has 0 heterocycles. The minimum atomic E-state index is -0.899. The number of carboxylic acid groups (broad SMARTS) is 1. The highest BCUT2D eigenvalue weighted by molar-refractivity contribution is 7.99. The Morgan fingerprint density at radius 1 is 1.24 bits per heavy atom. The first kappa shape index (κ1) is 14.0. The Morgan fingerprint density at radius 3 is 2.53 bits per heavy atom. The molecule has 0 aliphatic rings. The van der Waals surface area contributed by atoms with Crippen LogP contribution in [0.1, 0.15) is 10.4 Å². The molecule has 4 nitrogen and oxygen atoms in total. The van der Waals surface area contributed by atoms with Crippen molar-refractivity contribution in [1.82, 2.24) is 0 Å². The van der Waals surface area contributed by atoms with Crippen LogP contribution in [0, 0.1) is 0 Å². The van der Waals surface area contributed by atoms with Crippen LogP contribution in [0.2, 0.25) is 0 Å². The fourth-order valence-corrected chi connectivity index (χ4v) is 1.92. The SMILES string of the molecule is COCCOCCSc1ccc(C(=O)O)cc1. The number of rotatable bonds is 8. The van der Waals surface area contributed by atoms with E-state index in [2.05, 4.69) is 0 Å². The van der Waals surface area contributed by atoms with E-state index in [0.29, 0.717) is 25.4 Å². The average Bonchev–Trinajstić information content (AvgIpc) is 2.34. The molecule has 0 bridgehead atoms. The molecule has 1 aromatic rings. The topological polar surface area (TPSA) is 55.8 Å². The van der Waals surface area contributed by atoms with Gasteiger partial charge in [-0.2, -0.15) is 0 Å². The van der Waals surface area contributed by atoms with Gasteiger partial charge >= 0.3 is 5.97 Å². The van der Waals surface area contributed by atoms with E-state index in [4.69, 9.17) is 14.6 Å². The molecule has 1 aromatic carbocycles. The van der Waals surface area contributed by atoms with E-state index in [1.807, 2.05) is 12.1 Å². The van der Waals surface area contributed by atoms with Crippen molar-refractivity contribution in [3.05, 3.63) is 29.8 Å². The molecule has 1 rings (SSSR count). The monoisotopic (exact) mass is 256 g/mol. The average molecular weight is 256 g/mol. The molecule has 0 saturated carbocycles. The number of hydrogen-bond acceptors (Lipinski definition) is 4. The lowest BCUT2D eigenvalue weighted by Crippen LogP contribution is -2.04. The van der Waals surface area contributed by atoms with Crippen LogP contribution in [-0.4, -0.2) is 43.8 Å². The van der Waals surface area contributed by atoms with Gasteiger partial charge in [-0.3, -0.25) is 0 Å². The van der Waals surface area contributed by atoms with Crippen LogP contribution >= 0.6 is 11.8 Å². The smallest absolute Gasteiger partial charge is 0.335 e. The fraction of sp³-hybridized carbons (Fsp3) is 0.417. The van der Waals surface area contributed by atoms with Crippen LogP contribution in [0.15, 0.2) is 29.2 Å². The molecule has 17 heavy (non-hydrogen) atoms. The highest BCUT2D eigenvalue weighted by Crippen LogP contribution is 2.18. The van der Waals surface area contributed by atoms with Crippen molar-refractivity contribution in [1.29, 1.82) is 0 Å². The molecule has 0 atom stereocenters. The lowest BCUT2D eigenvalue weighted by molar-refractivity contribution is 0.0697. The number of aromatic carboxylic acids is 1. The maximum Gasteiger partial charge on any atom is 0.335 e. The van der Waals surface area contributed by atoms with Crippen LogP contribution in [0.4, 0.5) is 0 Å². The summed E-state index contributed by atoms with van der Waals surface area (Å²) >= 11 is 1.64. The number of ether oxygens (including phenoxy) is 2. The largest absolute Gasteiger partial charge is 0.478 e. The number of carbonyl (C=O) groups is 1. The van der Waals surface area contributed by atoms with Gasteiger partial charge in [-0.15, -0.1) is 11.8 Å². The minimum Gasteiger partial charge on any atom is -0.478 e. The van der Waals surface area contributed by atoms with Crippen LogP contribution in [0.5, 0.6) is 0 Å². The number of thioether (sulfide) groups is 1. The Bertz CT molecular complexity index is 337. The van der Waals surface area contributed by atoms with E-state index >= 15 is 0 Å². The predicted molar refractivity (Wildman–Crippen MR) is 66.8 cm³/mol. The van der Waals surface area contributed by atoms with E-state index in [0.717, 1.165) is 10.6 Å². The Balaban J connectivity index is 2.21. The minimum absolute atomic E-state index is 0.311. The van der Waals surface area contributed by atoms with Gasteiger partial charge in [0.2, 0.25) is 0 Å². The summed E-state index contributed by atoms with van der Waals surface area (Å²) in [6.45, 7) is 1.88. The second kappa shape index (κ2) is 8.11. The molecule has 0 spiro atoms. The van der Waals surface area contributed by atoms with Gasteiger partial charge in [-0.05, 0) is 24.3 Å². The summed E-state index contributed by atoms with van der Waals surface area (Å²) in [5.41, 5.74) is 0.311. The molecule has 0 radical (unpaired) electrons. The maximum atomic E-state index is 10.6. The van der Waals surface area contributed by atoms with Crippen LogP contribution < -0.4 is 0 Å². The van der Waals surface area contributed by atoms with E-state index < -0.39 is 5.97 Å². The Labute approximate surface area is 105 Å². The van der Waals surface area contributed by atoms with Gasteiger partial charge in [0.25, 0.3) is 0 Å². The van der Waals surface area contributed by atoms with Crippen molar-refractivity contribution in [3.8, 4) is 0 Å². The third-order valence-corrected chi connectivity index (χ3v) is 3.01. The highest BCUT2D eigenvalue weighted by atomic mass is 32.2. The van der Waals surface area contributed by atoms with Gasteiger partial charge < -0.3 is 14.6 Å². The molecular weight excluding hydrogens is 240 g/mol. The van der Waals surface area contributed by atoms with Gasteiger partial charge in [0.05, 0.1) is 25.4 Å². The van der Waals surface area contributed by atoms with Gasteiger partial charge in [0.15, 0.2) is 0 Å². The van der Waals surface area contributed by atoms with Crippen LogP contribution in [0.25, 0.3) is 0 Å². The van der Waals surface area contributed by atoms with Crippen LogP contribution in [0.3, 0.4) is 0 Å². The van der Waals surface area contributed by atoms with Crippen molar-refractivity contribution >= 4 is 17.7 Å². The molecule has 0 aliphatic carbocycles. The summed E-state index contributed by atoms with van der Waals surface area (Å²) in [7, 11) is 1.64. The molecule has 0 amide bonds. The summed E-state index contributed by atoms with van der Waals surface area (Å²) in [6, 6.07) is 6.83. The lowest BCUT2D eigenvalue weighted by Gasteiger charge is -2.04. The van der Waals surface area contributed by atoms with E-state index in [1.54, 1.807) is 31.0 Å². The zero-order valence-electron chi connectivity index (χ0n) is 9.72. The van der Waals surface area contributed by atoms with Crippen LogP contribution in [-0.2, 0) is 9.47 Å². The second-order valence-corrected chi connectivity index (χ2v) is 4.45. The van der Waals surface area contributed by atoms with Crippen molar-refractivity contribution in [2.24, 2.45) is 0 Å². The Kier molecular flexibility index (Phi) is 6.69. The summed E-state index contributed by atoms with van der Waals surface area (Å²) in [5.74, 6) is -0.0553. The zero-order chi connectivity index (χ0) is 12.5. The summed E-state index contributed by atoms with van der Waals surface area (Å²) < 4.78 is 10.2. The number of methoxy groups -OCH3 is 1. The van der Waals surface area contributed by atoms with Crippen molar-refractivity contribution in [2.45, 2.75) is 4.90 Å². The number of carboxylic acids is 1. The van der Waals surface area contributed by atoms with Crippen molar-refractivity contribution in [2.75, 3.05) is 32.7 Å². The van der Waals surface area contributed by atoms with Gasteiger partial charge in [0, 0.05) is 17.8 Å². The van der Waals surface area contributed by atoms with Gasteiger partial charge in [-0.1, -0.05) is 0 Å². The Hall–Kier alpha value is -1.04. The molecule has 0 fully saturated rings. The first-order chi connectivity index (χ1) is 8.24. The summed E-state index contributed by atoms with van der Waals surface area (Å²) in [5, 5.41) is 8.73. The first-order valence-electron chi connectivity index (χ1n) is 5.27. The molecule has 0 aliphatic heterocycles. The molecular formula is C12H16O4S. The molecule has 5 heteroatoms. The first-order valence-corrected chi connectivity index (χ1v) is 6.25.